The van der Waals surface area contributed by atoms with E-state index in [9.17, 15) is 5.11 Å². The molecule has 0 aliphatic rings. The Morgan fingerprint density at radius 2 is 2.36 bits per heavy atom. The lowest BCUT2D eigenvalue weighted by molar-refractivity contribution is 0.0337. The molecular formula is C9H16O2. The predicted octanol–water partition coefficient (Wildman–Crippen LogP) is 1.19. The second-order valence-corrected chi connectivity index (χ2v) is 2.47. The molecule has 0 bridgehead atoms. The molecular weight excluding hydrogens is 140 g/mol. The summed E-state index contributed by atoms with van der Waals surface area (Å²) in [4.78, 5) is 0. The highest BCUT2D eigenvalue weighted by molar-refractivity contribution is 4.84. The van der Waals surface area contributed by atoms with E-state index in [0.29, 0.717) is 26.1 Å². The summed E-state index contributed by atoms with van der Waals surface area (Å²) in [6.45, 7) is 3.16. The van der Waals surface area contributed by atoms with Crippen LogP contribution >= 0.6 is 0 Å². The van der Waals surface area contributed by atoms with Gasteiger partial charge in [0.05, 0.1) is 12.7 Å². The highest BCUT2D eigenvalue weighted by Crippen LogP contribution is 1.96. The SMILES string of the molecule is C#CCCC(O)COCCC. The lowest BCUT2D eigenvalue weighted by Crippen LogP contribution is -2.15. The van der Waals surface area contributed by atoms with E-state index in [1.165, 1.54) is 0 Å². The number of aliphatic hydroxyl groups is 1. The third-order valence-corrected chi connectivity index (χ3v) is 1.28. The van der Waals surface area contributed by atoms with Gasteiger partial charge in [-0.3, -0.25) is 0 Å². The first kappa shape index (κ1) is 10.5. The van der Waals surface area contributed by atoms with Crippen LogP contribution in [-0.2, 0) is 4.74 Å². The van der Waals surface area contributed by atoms with E-state index < -0.39 is 6.10 Å². The molecule has 1 N–H and O–H groups in total. The highest BCUT2D eigenvalue weighted by atomic mass is 16.5. The molecule has 2 nitrogen and oxygen atoms in total. The summed E-state index contributed by atoms with van der Waals surface area (Å²) in [6, 6.07) is 0. The smallest absolute Gasteiger partial charge is 0.0782 e. The first-order valence-corrected chi connectivity index (χ1v) is 4.00. The maximum absolute atomic E-state index is 9.19. The monoisotopic (exact) mass is 156 g/mol. The molecule has 0 aliphatic heterocycles. The quantitative estimate of drug-likeness (QED) is 0.462. The van der Waals surface area contributed by atoms with Gasteiger partial charge in [0.1, 0.15) is 0 Å². The molecule has 11 heavy (non-hydrogen) atoms. The fourth-order valence-electron chi connectivity index (χ4n) is 0.697. The van der Waals surface area contributed by atoms with Crippen molar-refractivity contribution in [3.05, 3.63) is 0 Å². The molecule has 0 spiro atoms. The van der Waals surface area contributed by atoms with Crippen molar-refractivity contribution in [2.75, 3.05) is 13.2 Å². The summed E-state index contributed by atoms with van der Waals surface area (Å²) in [6.07, 6.45) is 6.89. The fraction of sp³-hybridized carbons (Fsp3) is 0.778. The first-order valence-electron chi connectivity index (χ1n) is 4.00. The Hall–Kier alpha value is -0.520. The van der Waals surface area contributed by atoms with Crippen LogP contribution < -0.4 is 0 Å². The van der Waals surface area contributed by atoms with Crippen molar-refractivity contribution in [2.24, 2.45) is 0 Å². The van der Waals surface area contributed by atoms with Crippen molar-refractivity contribution in [3.8, 4) is 12.3 Å². The van der Waals surface area contributed by atoms with Crippen molar-refractivity contribution < 1.29 is 9.84 Å². The number of hydrogen-bond donors (Lipinski definition) is 1. The van der Waals surface area contributed by atoms with E-state index in [-0.39, 0.29) is 0 Å². The molecule has 0 aliphatic carbocycles. The van der Waals surface area contributed by atoms with Gasteiger partial charge in [0.15, 0.2) is 0 Å². The van der Waals surface area contributed by atoms with Crippen LogP contribution in [0.2, 0.25) is 0 Å². The maximum atomic E-state index is 9.19. The van der Waals surface area contributed by atoms with Gasteiger partial charge in [0, 0.05) is 13.0 Å². The van der Waals surface area contributed by atoms with E-state index in [1.54, 1.807) is 0 Å². The van der Waals surface area contributed by atoms with Gasteiger partial charge in [0.25, 0.3) is 0 Å². The standard InChI is InChI=1S/C9H16O2/c1-3-5-6-9(10)8-11-7-4-2/h1,9-10H,4-8H2,2H3. The third-order valence-electron chi connectivity index (χ3n) is 1.28. The summed E-state index contributed by atoms with van der Waals surface area (Å²) >= 11 is 0. The molecule has 0 aromatic rings. The molecule has 0 heterocycles. The molecule has 1 atom stereocenters. The van der Waals surface area contributed by atoms with Crippen LogP contribution in [0.25, 0.3) is 0 Å². The number of ether oxygens (including phenoxy) is 1. The zero-order valence-corrected chi connectivity index (χ0v) is 7.05. The van der Waals surface area contributed by atoms with Gasteiger partial charge in [-0.2, -0.15) is 0 Å². The van der Waals surface area contributed by atoms with E-state index in [0.717, 1.165) is 6.42 Å². The van der Waals surface area contributed by atoms with Gasteiger partial charge in [-0.05, 0) is 12.8 Å². The lowest BCUT2D eigenvalue weighted by atomic mass is 10.2. The van der Waals surface area contributed by atoms with Crippen molar-refractivity contribution >= 4 is 0 Å². The minimum atomic E-state index is -0.391. The van der Waals surface area contributed by atoms with E-state index in [2.05, 4.69) is 5.92 Å². The molecule has 0 saturated carbocycles. The first-order chi connectivity index (χ1) is 5.31. The number of aliphatic hydroxyl groups excluding tert-OH is 1. The largest absolute Gasteiger partial charge is 0.391 e. The average molecular weight is 156 g/mol. The Balaban J connectivity index is 3.10. The molecule has 0 saturated heterocycles. The maximum Gasteiger partial charge on any atom is 0.0782 e. The minimum absolute atomic E-state index is 0.391. The highest BCUT2D eigenvalue weighted by Gasteiger charge is 2.01. The third kappa shape index (κ3) is 7.38. The van der Waals surface area contributed by atoms with Crippen LogP contribution in [0.3, 0.4) is 0 Å². The molecule has 0 aromatic heterocycles. The van der Waals surface area contributed by atoms with Gasteiger partial charge in [-0.15, -0.1) is 12.3 Å². The summed E-state index contributed by atoms with van der Waals surface area (Å²) in [5.41, 5.74) is 0. The lowest BCUT2D eigenvalue weighted by Gasteiger charge is -2.08. The molecule has 0 radical (unpaired) electrons. The van der Waals surface area contributed by atoms with Crippen LogP contribution in [-0.4, -0.2) is 24.4 Å². The van der Waals surface area contributed by atoms with Crippen molar-refractivity contribution in [1.29, 1.82) is 0 Å². The zero-order valence-electron chi connectivity index (χ0n) is 7.05. The van der Waals surface area contributed by atoms with Crippen molar-refractivity contribution in [1.82, 2.24) is 0 Å². The van der Waals surface area contributed by atoms with E-state index >= 15 is 0 Å². The second kappa shape index (κ2) is 7.59. The molecule has 0 aromatic carbocycles. The van der Waals surface area contributed by atoms with Crippen molar-refractivity contribution in [2.45, 2.75) is 32.3 Å². The molecule has 0 rings (SSSR count). The summed E-state index contributed by atoms with van der Waals surface area (Å²) in [5, 5.41) is 9.19. The Bertz CT molecular complexity index is 115. The van der Waals surface area contributed by atoms with Gasteiger partial charge in [-0.25, -0.2) is 0 Å². The van der Waals surface area contributed by atoms with Gasteiger partial charge in [-0.1, -0.05) is 6.92 Å². The molecule has 0 amide bonds. The normalized spacial score (nSPS) is 12.5. The van der Waals surface area contributed by atoms with Gasteiger partial charge >= 0.3 is 0 Å². The Labute approximate surface area is 68.6 Å². The van der Waals surface area contributed by atoms with E-state index in [1.807, 2.05) is 6.92 Å². The number of hydrogen-bond acceptors (Lipinski definition) is 2. The second-order valence-electron chi connectivity index (χ2n) is 2.47. The van der Waals surface area contributed by atoms with Gasteiger partial charge in [0.2, 0.25) is 0 Å². The van der Waals surface area contributed by atoms with Crippen LogP contribution in [0.4, 0.5) is 0 Å². The predicted molar refractivity (Wildman–Crippen MR) is 45.2 cm³/mol. The summed E-state index contributed by atoms with van der Waals surface area (Å²) in [7, 11) is 0. The van der Waals surface area contributed by atoms with Crippen molar-refractivity contribution in [3.63, 3.8) is 0 Å². The minimum Gasteiger partial charge on any atom is -0.391 e. The molecule has 64 valence electrons. The average Bonchev–Trinajstić information content (AvgIpc) is 2.01. The van der Waals surface area contributed by atoms with Crippen LogP contribution in [0.15, 0.2) is 0 Å². The van der Waals surface area contributed by atoms with E-state index in [4.69, 9.17) is 11.2 Å². The van der Waals surface area contributed by atoms with Crippen LogP contribution in [0.5, 0.6) is 0 Å². The topological polar surface area (TPSA) is 29.5 Å². The summed E-state index contributed by atoms with van der Waals surface area (Å²) in [5.74, 6) is 2.47. The molecule has 1 unspecified atom stereocenters. The van der Waals surface area contributed by atoms with Crippen LogP contribution in [0.1, 0.15) is 26.2 Å². The zero-order chi connectivity index (χ0) is 8.53. The molecule has 0 fully saturated rings. The Morgan fingerprint density at radius 1 is 1.64 bits per heavy atom. The van der Waals surface area contributed by atoms with Gasteiger partial charge < -0.3 is 9.84 Å². The fourth-order valence-corrected chi connectivity index (χ4v) is 0.697. The Kier molecular flexibility index (Phi) is 7.23. The number of rotatable bonds is 6. The van der Waals surface area contributed by atoms with Crippen LogP contribution in [0, 0.1) is 12.3 Å². The molecule has 2 heteroatoms. The summed E-state index contributed by atoms with van der Waals surface area (Å²) < 4.78 is 5.12. The number of terminal acetylenes is 1. The Morgan fingerprint density at radius 3 is 2.91 bits per heavy atom.